The zero-order chi connectivity index (χ0) is 17.9. The Kier molecular flexibility index (Phi) is 5.72. The van der Waals surface area contributed by atoms with Crippen LogP contribution in [-0.2, 0) is 9.59 Å². The summed E-state index contributed by atoms with van der Waals surface area (Å²) in [5, 5.41) is 10.3. The molecule has 1 unspecified atom stereocenters. The Morgan fingerprint density at radius 1 is 1.33 bits per heavy atom. The number of Topliss-reactive ketones (excluding diaryl/α,β-unsaturated/α-hetero) is 1. The first-order valence-electron chi connectivity index (χ1n) is 8.14. The Hall–Kier alpha value is -2.21. The molecular formula is C18H25N3O3. The molecule has 24 heavy (non-hydrogen) atoms. The second-order valence-corrected chi connectivity index (χ2v) is 6.77. The van der Waals surface area contributed by atoms with Gasteiger partial charge in [0.2, 0.25) is 0 Å². The van der Waals surface area contributed by atoms with Gasteiger partial charge in [0.25, 0.3) is 5.91 Å². The number of carbonyl (C=O) groups is 2. The van der Waals surface area contributed by atoms with Gasteiger partial charge in [-0.1, -0.05) is 13.8 Å². The highest BCUT2D eigenvalue weighted by atomic mass is 16.3. The molecule has 130 valence electrons. The first-order valence-corrected chi connectivity index (χ1v) is 8.14. The Morgan fingerprint density at radius 2 is 1.96 bits per heavy atom. The third kappa shape index (κ3) is 3.82. The molecule has 1 amide bonds. The Labute approximate surface area is 142 Å². The van der Waals surface area contributed by atoms with Crippen molar-refractivity contribution in [3.8, 4) is 0 Å². The van der Waals surface area contributed by atoms with Gasteiger partial charge in [-0.05, 0) is 37.7 Å². The summed E-state index contributed by atoms with van der Waals surface area (Å²) >= 11 is 0. The molecule has 0 radical (unpaired) electrons. The number of likely N-dealkylation sites (N-methyl/N-ethyl adjacent to an activating group) is 1. The number of carbonyl (C=O) groups excluding carboxylic acids is 2. The Morgan fingerprint density at radius 3 is 2.50 bits per heavy atom. The van der Waals surface area contributed by atoms with Gasteiger partial charge in [-0.3, -0.25) is 14.6 Å². The number of pyridine rings is 1. The molecule has 2 heterocycles. The summed E-state index contributed by atoms with van der Waals surface area (Å²) in [5.74, 6) is -0.918. The van der Waals surface area contributed by atoms with Gasteiger partial charge in [0.05, 0.1) is 11.6 Å². The SMILES string of the molecule is CC(C)CC(=O)C1=C(O)C(=O)N(CCN(C)C)C1c1ccncc1. The molecule has 1 aliphatic rings. The van der Waals surface area contributed by atoms with E-state index < -0.39 is 17.7 Å². The number of aliphatic hydroxyl groups excluding tert-OH is 1. The number of rotatable bonds is 7. The van der Waals surface area contributed by atoms with Crippen LogP contribution >= 0.6 is 0 Å². The van der Waals surface area contributed by atoms with Crippen LogP contribution in [0.25, 0.3) is 0 Å². The van der Waals surface area contributed by atoms with E-state index in [0.717, 1.165) is 5.56 Å². The van der Waals surface area contributed by atoms with E-state index in [2.05, 4.69) is 4.98 Å². The maximum Gasteiger partial charge on any atom is 0.290 e. The molecule has 0 aliphatic carbocycles. The van der Waals surface area contributed by atoms with Crippen molar-refractivity contribution in [3.63, 3.8) is 0 Å². The van der Waals surface area contributed by atoms with E-state index in [1.165, 1.54) is 0 Å². The van der Waals surface area contributed by atoms with Gasteiger partial charge in [0, 0.05) is 31.9 Å². The molecule has 6 heteroatoms. The average molecular weight is 331 g/mol. The predicted molar refractivity (Wildman–Crippen MR) is 91.4 cm³/mol. The number of hydrogen-bond acceptors (Lipinski definition) is 5. The molecule has 0 aromatic carbocycles. The third-order valence-electron chi connectivity index (χ3n) is 4.01. The highest BCUT2D eigenvalue weighted by molar-refractivity contribution is 6.09. The molecule has 1 atom stereocenters. The van der Waals surface area contributed by atoms with Crippen molar-refractivity contribution in [2.45, 2.75) is 26.3 Å². The molecule has 0 spiro atoms. The second kappa shape index (κ2) is 7.57. The highest BCUT2D eigenvalue weighted by Crippen LogP contribution is 2.38. The van der Waals surface area contributed by atoms with Crippen molar-refractivity contribution in [2.24, 2.45) is 5.92 Å². The Balaban J connectivity index is 2.41. The number of ketones is 1. The minimum Gasteiger partial charge on any atom is -0.503 e. The van der Waals surface area contributed by atoms with E-state index >= 15 is 0 Å². The van der Waals surface area contributed by atoms with Gasteiger partial charge in [0.15, 0.2) is 11.5 Å². The van der Waals surface area contributed by atoms with Crippen LogP contribution in [0.5, 0.6) is 0 Å². The lowest BCUT2D eigenvalue weighted by molar-refractivity contribution is -0.129. The van der Waals surface area contributed by atoms with E-state index in [-0.39, 0.29) is 17.3 Å². The fraction of sp³-hybridized carbons (Fsp3) is 0.500. The number of hydrogen-bond donors (Lipinski definition) is 1. The summed E-state index contributed by atoms with van der Waals surface area (Å²) in [6.45, 7) is 4.96. The van der Waals surface area contributed by atoms with Crippen LogP contribution in [-0.4, -0.2) is 58.8 Å². The van der Waals surface area contributed by atoms with Gasteiger partial charge < -0.3 is 14.9 Å². The van der Waals surface area contributed by atoms with Crippen molar-refractivity contribution in [1.82, 2.24) is 14.8 Å². The molecule has 0 bridgehead atoms. The van der Waals surface area contributed by atoms with Crippen LogP contribution in [0.3, 0.4) is 0 Å². The maximum atomic E-state index is 12.7. The summed E-state index contributed by atoms with van der Waals surface area (Å²) in [5.41, 5.74) is 0.993. The van der Waals surface area contributed by atoms with Crippen LogP contribution < -0.4 is 0 Å². The molecule has 6 nitrogen and oxygen atoms in total. The molecule has 1 aliphatic heterocycles. The zero-order valence-corrected chi connectivity index (χ0v) is 14.7. The van der Waals surface area contributed by atoms with Crippen molar-refractivity contribution in [2.75, 3.05) is 27.2 Å². The average Bonchev–Trinajstić information content (AvgIpc) is 2.77. The minimum absolute atomic E-state index is 0.154. The van der Waals surface area contributed by atoms with Gasteiger partial charge in [0.1, 0.15) is 0 Å². The normalized spacial score (nSPS) is 18.2. The zero-order valence-electron chi connectivity index (χ0n) is 14.7. The van der Waals surface area contributed by atoms with E-state index in [1.54, 1.807) is 29.4 Å². The molecule has 1 aromatic heterocycles. The second-order valence-electron chi connectivity index (χ2n) is 6.77. The third-order valence-corrected chi connectivity index (χ3v) is 4.01. The number of aliphatic hydroxyl groups is 1. The van der Waals surface area contributed by atoms with E-state index in [0.29, 0.717) is 19.5 Å². The van der Waals surface area contributed by atoms with Crippen LogP contribution in [0.2, 0.25) is 0 Å². The van der Waals surface area contributed by atoms with E-state index in [1.807, 2.05) is 32.8 Å². The number of nitrogens with zero attached hydrogens (tertiary/aromatic N) is 3. The quantitative estimate of drug-likeness (QED) is 0.827. The number of aromatic nitrogens is 1. The van der Waals surface area contributed by atoms with E-state index in [9.17, 15) is 14.7 Å². The summed E-state index contributed by atoms with van der Waals surface area (Å²) in [4.78, 5) is 32.7. The summed E-state index contributed by atoms with van der Waals surface area (Å²) in [6, 6.07) is 3.01. The molecule has 0 saturated heterocycles. The molecule has 2 rings (SSSR count). The first kappa shape index (κ1) is 18.1. The van der Waals surface area contributed by atoms with Crippen LogP contribution in [0.1, 0.15) is 31.9 Å². The van der Waals surface area contributed by atoms with E-state index in [4.69, 9.17) is 0 Å². The largest absolute Gasteiger partial charge is 0.503 e. The molecule has 1 aromatic rings. The van der Waals surface area contributed by atoms with Crippen molar-refractivity contribution in [3.05, 3.63) is 41.4 Å². The fourth-order valence-electron chi connectivity index (χ4n) is 2.85. The summed E-state index contributed by atoms with van der Waals surface area (Å²) in [6.07, 6.45) is 3.56. The van der Waals surface area contributed by atoms with Crippen molar-refractivity contribution >= 4 is 11.7 Å². The van der Waals surface area contributed by atoms with Crippen LogP contribution in [0, 0.1) is 5.92 Å². The number of amides is 1. The minimum atomic E-state index is -0.549. The maximum absolute atomic E-state index is 12.7. The van der Waals surface area contributed by atoms with Gasteiger partial charge in [-0.15, -0.1) is 0 Å². The molecule has 0 saturated carbocycles. The summed E-state index contributed by atoms with van der Waals surface area (Å²) < 4.78 is 0. The summed E-state index contributed by atoms with van der Waals surface area (Å²) in [7, 11) is 3.83. The fourth-order valence-corrected chi connectivity index (χ4v) is 2.85. The molecule has 0 fully saturated rings. The first-order chi connectivity index (χ1) is 11.3. The lowest BCUT2D eigenvalue weighted by atomic mass is 9.92. The van der Waals surface area contributed by atoms with Gasteiger partial charge in [-0.25, -0.2) is 0 Å². The monoisotopic (exact) mass is 331 g/mol. The van der Waals surface area contributed by atoms with Gasteiger partial charge >= 0.3 is 0 Å². The standard InChI is InChI=1S/C18H25N3O3/c1-12(2)11-14(22)15-16(13-5-7-19-8-6-13)21(10-9-20(3)4)18(24)17(15)23/h5-8,12,16,23H,9-11H2,1-4H3. The lowest BCUT2D eigenvalue weighted by Gasteiger charge is -2.28. The van der Waals surface area contributed by atoms with Crippen LogP contribution in [0.15, 0.2) is 35.9 Å². The predicted octanol–water partition coefficient (Wildman–Crippen LogP) is 1.95. The molecule has 1 N–H and O–H groups in total. The smallest absolute Gasteiger partial charge is 0.290 e. The van der Waals surface area contributed by atoms with Crippen molar-refractivity contribution < 1.29 is 14.7 Å². The van der Waals surface area contributed by atoms with Crippen molar-refractivity contribution in [1.29, 1.82) is 0 Å². The Bertz CT molecular complexity index is 638. The van der Waals surface area contributed by atoms with Gasteiger partial charge in [-0.2, -0.15) is 0 Å². The lowest BCUT2D eigenvalue weighted by Crippen LogP contribution is -2.36. The van der Waals surface area contributed by atoms with Crippen LogP contribution in [0.4, 0.5) is 0 Å². The highest BCUT2D eigenvalue weighted by Gasteiger charge is 2.43. The topological polar surface area (TPSA) is 73.7 Å². The molecular weight excluding hydrogens is 306 g/mol.